The molecule has 0 heterocycles. The number of carbonyl (C=O) groups is 3. The zero-order chi connectivity index (χ0) is 23.9. The number of carbonyl (C=O) groups excluding carboxylic acids is 2. The minimum Gasteiger partial charge on any atom is -0.478 e. The number of amides is 2. The van der Waals surface area contributed by atoms with Gasteiger partial charge in [0.2, 0.25) is 5.91 Å². The second-order valence-electron chi connectivity index (χ2n) is 7.59. The maximum Gasteiger partial charge on any atom is 0.336 e. The molecule has 168 valence electrons. The number of carboxylic acid groups (broad SMARTS) is 1. The molecule has 0 aromatic heterocycles. The number of hydrogen-bond acceptors (Lipinski definition) is 3. The quantitative estimate of drug-likeness (QED) is 0.373. The van der Waals surface area contributed by atoms with Crippen molar-refractivity contribution < 1.29 is 19.5 Å². The fraction of sp³-hybridized carbons (Fsp3) is 0.0357. The molecule has 0 saturated carbocycles. The van der Waals surface area contributed by atoms with Gasteiger partial charge in [0.1, 0.15) is 0 Å². The Hall–Kier alpha value is -4.71. The maximum absolute atomic E-state index is 13.2. The molecule has 0 aliphatic heterocycles. The van der Waals surface area contributed by atoms with Crippen LogP contribution in [0.3, 0.4) is 0 Å². The predicted molar refractivity (Wildman–Crippen MR) is 129 cm³/mol. The van der Waals surface area contributed by atoms with Gasteiger partial charge < -0.3 is 5.11 Å². The van der Waals surface area contributed by atoms with E-state index in [4.69, 9.17) is 0 Å². The Bertz CT molecular complexity index is 1280. The van der Waals surface area contributed by atoms with Crippen LogP contribution in [0.5, 0.6) is 0 Å². The molecule has 0 fully saturated rings. The summed E-state index contributed by atoms with van der Waals surface area (Å²) >= 11 is 0. The molecule has 0 bridgehead atoms. The Kier molecular flexibility index (Phi) is 6.79. The molecule has 0 unspecified atom stereocenters. The third kappa shape index (κ3) is 4.86. The highest BCUT2D eigenvalue weighted by Gasteiger charge is 2.24. The van der Waals surface area contributed by atoms with Crippen molar-refractivity contribution in [1.82, 2.24) is 10.9 Å². The minimum atomic E-state index is -1.09. The molecule has 4 aromatic rings. The van der Waals surface area contributed by atoms with Gasteiger partial charge in [0.15, 0.2) is 0 Å². The lowest BCUT2D eigenvalue weighted by Crippen LogP contribution is -2.44. The third-order valence-electron chi connectivity index (χ3n) is 5.45. The number of nitrogens with one attached hydrogen (secondary N) is 2. The summed E-state index contributed by atoms with van der Waals surface area (Å²) in [5.74, 6) is -2.66. The molecule has 0 spiro atoms. The fourth-order valence-electron chi connectivity index (χ4n) is 3.86. The first kappa shape index (κ1) is 22.5. The van der Waals surface area contributed by atoms with Crippen LogP contribution >= 0.6 is 0 Å². The monoisotopic (exact) mass is 450 g/mol. The van der Waals surface area contributed by atoms with E-state index < -0.39 is 23.7 Å². The minimum absolute atomic E-state index is 0.0833. The van der Waals surface area contributed by atoms with Gasteiger partial charge >= 0.3 is 5.97 Å². The highest BCUT2D eigenvalue weighted by molar-refractivity contribution is 6.05. The van der Waals surface area contributed by atoms with Crippen molar-refractivity contribution >= 4 is 17.8 Å². The van der Waals surface area contributed by atoms with E-state index in [1.165, 1.54) is 6.07 Å². The van der Waals surface area contributed by atoms with E-state index in [0.29, 0.717) is 11.1 Å². The van der Waals surface area contributed by atoms with Gasteiger partial charge in [-0.05, 0) is 34.4 Å². The van der Waals surface area contributed by atoms with Crippen LogP contribution in [-0.4, -0.2) is 22.9 Å². The molecule has 3 N–H and O–H groups in total. The summed E-state index contributed by atoms with van der Waals surface area (Å²) in [5.41, 5.74) is 7.80. The Morgan fingerprint density at radius 2 is 1.00 bits per heavy atom. The summed E-state index contributed by atoms with van der Waals surface area (Å²) in [6.45, 7) is 0. The first-order valence-corrected chi connectivity index (χ1v) is 10.7. The normalized spacial score (nSPS) is 10.5. The van der Waals surface area contributed by atoms with E-state index in [-0.39, 0.29) is 11.1 Å². The number of carboxylic acids is 1. The van der Waals surface area contributed by atoms with Crippen LogP contribution in [-0.2, 0) is 4.79 Å². The van der Waals surface area contributed by atoms with Crippen molar-refractivity contribution in [2.24, 2.45) is 0 Å². The summed E-state index contributed by atoms with van der Waals surface area (Å²) in [6, 6.07) is 31.7. The van der Waals surface area contributed by atoms with Crippen molar-refractivity contribution in [2.75, 3.05) is 0 Å². The molecule has 0 atom stereocenters. The predicted octanol–water partition coefficient (Wildman–Crippen LogP) is 4.64. The van der Waals surface area contributed by atoms with Crippen LogP contribution in [0.1, 0.15) is 37.8 Å². The van der Waals surface area contributed by atoms with Gasteiger partial charge in [0.25, 0.3) is 5.91 Å². The van der Waals surface area contributed by atoms with E-state index in [9.17, 15) is 19.5 Å². The van der Waals surface area contributed by atoms with Crippen molar-refractivity contribution in [1.29, 1.82) is 0 Å². The number of hydrazine groups is 1. The fourth-order valence-corrected chi connectivity index (χ4v) is 3.86. The van der Waals surface area contributed by atoms with Crippen molar-refractivity contribution in [3.8, 4) is 11.1 Å². The van der Waals surface area contributed by atoms with Crippen LogP contribution in [0.25, 0.3) is 11.1 Å². The van der Waals surface area contributed by atoms with E-state index in [1.807, 2.05) is 60.7 Å². The highest BCUT2D eigenvalue weighted by atomic mass is 16.4. The lowest BCUT2D eigenvalue weighted by molar-refractivity contribution is -0.122. The molecule has 0 saturated heterocycles. The number of hydrogen-bond donors (Lipinski definition) is 3. The summed E-state index contributed by atoms with van der Waals surface area (Å²) in [4.78, 5) is 37.9. The van der Waals surface area contributed by atoms with Gasteiger partial charge in [-0.3, -0.25) is 20.4 Å². The van der Waals surface area contributed by atoms with Crippen molar-refractivity contribution in [2.45, 2.75) is 5.92 Å². The molecule has 0 aliphatic rings. The van der Waals surface area contributed by atoms with E-state index in [0.717, 1.165) is 11.1 Å². The largest absolute Gasteiger partial charge is 0.478 e. The maximum atomic E-state index is 13.2. The van der Waals surface area contributed by atoms with E-state index in [2.05, 4.69) is 10.9 Å². The Labute approximate surface area is 196 Å². The number of benzene rings is 4. The van der Waals surface area contributed by atoms with E-state index in [1.54, 1.807) is 42.5 Å². The lowest BCUT2D eigenvalue weighted by atomic mass is 9.91. The summed E-state index contributed by atoms with van der Waals surface area (Å²) in [5, 5.41) is 9.55. The number of rotatable bonds is 6. The molecule has 2 amide bonds. The van der Waals surface area contributed by atoms with Gasteiger partial charge in [-0.1, -0.05) is 97.1 Å². The van der Waals surface area contributed by atoms with Gasteiger partial charge in [-0.2, -0.15) is 0 Å². The van der Waals surface area contributed by atoms with E-state index >= 15 is 0 Å². The zero-order valence-corrected chi connectivity index (χ0v) is 18.1. The van der Waals surface area contributed by atoms with Crippen molar-refractivity contribution in [3.63, 3.8) is 0 Å². The van der Waals surface area contributed by atoms with Crippen LogP contribution in [0.4, 0.5) is 0 Å². The molecular formula is C28H22N2O4. The molecule has 0 aliphatic carbocycles. The lowest BCUT2D eigenvalue weighted by Gasteiger charge is -2.19. The Balaban J connectivity index is 1.59. The first-order valence-electron chi connectivity index (χ1n) is 10.7. The molecular weight excluding hydrogens is 428 g/mol. The summed E-state index contributed by atoms with van der Waals surface area (Å²) < 4.78 is 0. The summed E-state index contributed by atoms with van der Waals surface area (Å²) in [7, 11) is 0. The zero-order valence-electron chi connectivity index (χ0n) is 18.1. The molecule has 4 rings (SSSR count). The van der Waals surface area contributed by atoms with Gasteiger partial charge in [-0.15, -0.1) is 0 Å². The van der Waals surface area contributed by atoms with Crippen LogP contribution in [0, 0.1) is 0 Å². The molecule has 4 aromatic carbocycles. The summed E-state index contributed by atoms with van der Waals surface area (Å²) in [6.07, 6.45) is 0. The van der Waals surface area contributed by atoms with Crippen LogP contribution in [0.2, 0.25) is 0 Å². The molecule has 34 heavy (non-hydrogen) atoms. The second kappa shape index (κ2) is 10.3. The van der Waals surface area contributed by atoms with Gasteiger partial charge in [0, 0.05) is 5.56 Å². The standard InChI is InChI=1S/C28H22N2O4/c31-26(23-17-9-7-15-21(23)22-16-8-10-18-24(22)28(33)34)29-30-27(32)25(19-11-3-1-4-12-19)20-13-5-2-6-14-20/h1-18,25H,(H,29,31)(H,30,32)(H,33,34). The molecule has 6 nitrogen and oxygen atoms in total. The average molecular weight is 450 g/mol. The third-order valence-corrected chi connectivity index (χ3v) is 5.45. The topological polar surface area (TPSA) is 95.5 Å². The SMILES string of the molecule is O=C(O)c1ccccc1-c1ccccc1C(=O)NNC(=O)C(c1ccccc1)c1ccccc1. The molecule has 0 radical (unpaired) electrons. The smallest absolute Gasteiger partial charge is 0.336 e. The van der Waals surface area contributed by atoms with Gasteiger partial charge in [0.05, 0.1) is 11.5 Å². The number of aromatic carboxylic acids is 1. The Morgan fingerprint density at radius 3 is 1.53 bits per heavy atom. The second-order valence-corrected chi connectivity index (χ2v) is 7.59. The van der Waals surface area contributed by atoms with Crippen LogP contribution in [0.15, 0.2) is 109 Å². The molecule has 6 heteroatoms. The highest BCUT2D eigenvalue weighted by Crippen LogP contribution is 2.28. The first-order chi connectivity index (χ1) is 16.6. The van der Waals surface area contributed by atoms with Gasteiger partial charge in [-0.25, -0.2) is 4.79 Å². The average Bonchev–Trinajstić information content (AvgIpc) is 2.88. The van der Waals surface area contributed by atoms with Crippen LogP contribution < -0.4 is 10.9 Å². The Morgan fingerprint density at radius 1 is 0.559 bits per heavy atom. The van der Waals surface area contributed by atoms with Crippen molar-refractivity contribution in [3.05, 3.63) is 131 Å².